The van der Waals surface area contributed by atoms with Crippen molar-refractivity contribution in [3.8, 4) is 0 Å². The number of ether oxygens (including phenoxy) is 1. The second kappa shape index (κ2) is 6.32. The number of carbonyl (C=O) groups is 1. The first-order valence-electron chi connectivity index (χ1n) is 5.41. The number of nitrogens with zero attached hydrogens (tertiary/aromatic N) is 1. The van der Waals surface area contributed by atoms with Crippen LogP contribution in [0, 0.1) is 0 Å². The summed E-state index contributed by atoms with van der Waals surface area (Å²) in [5.41, 5.74) is 0. The van der Waals surface area contributed by atoms with E-state index in [1.165, 1.54) is 7.11 Å². The number of halogens is 1. The van der Waals surface area contributed by atoms with Crippen molar-refractivity contribution in [1.29, 1.82) is 0 Å². The van der Waals surface area contributed by atoms with Gasteiger partial charge in [-0.25, -0.2) is 4.79 Å². The number of nitrogens with one attached hydrogen (secondary N) is 1. The smallest absolute Gasteiger partial charge is 0.407 e. The first-order valence-corrected chi connectivity index (χ1v) is 6.66. The van der Waals surface area contributed by atoms with Crippen molar-refractivity contribution in [3.05, 3.63) is 12.8 Å². The van der Waals surface area contributed by atoms with E-state index in [1.807, 2.05) is 13.2 Å². The Kier molecular flexibility index (Phi) is 5.37. The van der Waals surface area contributed by atoms with Crippen LogP contribution in [0.15, 0.2) is 12.8 Å². The Bertz CT molecular complexity index is 260. The van der Waals surface area contributed by atoms with Gasteiger partial charge in [-0.2, -0.15) is 0 Å². The predicted molar refractivity (Wildman–Crippen MR) is 58.7 cm³/mol. The summed E-state index contributed by atoms with van der Waals surface area (Å²) in [6.45, 7) is 3.77. The van der Waals surface area contributed by atoms with Crippen LogP contribution in [0.25, 0.3) is 0 Å². The number of amides is 1. The van der Waals surface area contributed by atoms with Gasteiger partial charge in [0, 0.05) is 19.1 Å². The van der Waals surface area contributed by atoms with Gasteiger partial charge in [0.25, 0.3) is 0 Å². The molecule has 0 aliphatic heterocycles. The second-order valence-corrected chi connectivity index (χ2v) is 5.67. The molecular formula is C11H19IN2O2-. The molecule has 1 fully saturated rings. The number of alkyl halides is 1. The predicted octanol–water partition coefficient (Wildman–Crippen LogP) is -1.74. The summed E-state index contributed by atoms with van der Waals surface area (Å²) in [6, 6.07) is 0.653. The lowest BCUT2D eigenvalue weighted by Crippen LogP contribution is -3.40. The zero-order valence-corrected chi connectivity index (χ0v) is 11.9. The highest BCUT2D eigenvalue weighted by molar-refractivity contribution is 5.67. The Morgan fingerprint density at radius 3 is 2.88 bits per heavy atom. The van der Waals surface area contributed by atoms with Crippen LogP contribution in [0.5, 0.6) is 0 Å². The number of hydrogen-bond acceptors (Lipinski definition) is 3. The Morgan fingerprint density at radius 1 is 1.62 bits per heavy atom. The lowest BCUT2D eigenvalue weighted by Gasteiger charge is -2.43. The van der Waals surface area contributed by atoms with E-state index >= 15 is 0 Å². The minimum atomic E-state index is -0.339. The molecule has 1 rings (SSSR count). The SMILES string of the molecule is C=CN(C)C1CCC([I-])C(NC(=O)OC)C1. The summed E-state index contributed by atoms with van der Waals surface area (Å²) in [5, 5.41) is 2.90. The maximum Gasteiger partial charge on any atom is 0.407 e. The molecule has 1 radical (unpaired) electrons. The molecule has 93 valence electrons. The first-order chi connectivity index (χ1) is 7.58. The molecule has 0 aromatic rings. The summed E-state index contributed by atoms with van der Waals surface area (Å²) < 4.78 is 5.11. The fourth-order valence-electron chi connectivity index (χ4n) is 1.99. The van der Waals surface area contributed by atoms with Crippen molar-refractivity contribution in [2.45, 2.75) is 35.3 Å². The van der Waals surface area contributed by atoms with Crippen molar-refractivity contribution in [1.82, 2.24) is 10.2 Å². The van der Waals surface area contributed by atoms with Gasteiger partial charge in [-0.15, -0.1) is 3.92 Å². The van der Waals surface area contributed by atoms with Gasteiger partial charge < -0.3 is 37.5 Å². The Morgan fingerprint density at radius 2 is 2.31 bits per heavy atom. The van der Waals surface area contributed by atoms with Crippen LogP contribution < -0.4 is 27.9 Å². The lowest BCUT2D eigenvalue weighted by atomic mass is 9.90. The highest BCUT2D eigenvalue weighted by atomic mass is 127. The van der Waals surface area contributed by atoms with Crippen molar-refractivity contribution in [3.63, 3.8) is 0 Å². The molecule has 0 aromatic heterocycles. The molecule has 0 bridgehead atoms. The molecule has 1 aliphatic carbocycles. The minimum Gasteiger partial charge on any atom is -0.791 e. The van der Waals surface area contributed by atoms with Gasteiger partial charge in [0.2, 0.25) is 0 Å². The van der Waals surface area contributed by atoms with Crippen LogP contribution in [0.3, 0.4) is 0 Å². The molecular weight excluding hydrogens is 319 g/mol. The van der Waals surface area contributed by atoms with Crippen molar-refractivity contribution >= 4 is 6.09 Å². The highest BCUT2D eigenvalue weighted by Crippen LogP contribution is 2.20. The largest absolute Gasteiger partial charge is 0.791 e. The molecule has 1 aliphatic rings. The molecule has 5 heteroatoms. The van der Waals surface area contributed by atoms with E-state index in [2.05, 4.69) is 44.1 Å². The first kappa shape index (κ1) is 13.6. The fourth-order valence-corrected chi connectivity index (χ4v) is 2.82. The third-order valence-corrected chi connectivity index (χ3v) is 4.58. The molecule has 0 aromatic carbocycles. The number of methoxy groups -OCH3 is 1. The summed E-state index contributed by atoms with van der Waals surface area (Å²) in [7, 11) is 3.42. The zero-order valence-electron chi connectivity index (χ0n) is 9.78. The zero-order chi connectivity index (χ0) is 12.1. The van der Waals surface area contributed by atoms with Crippen LogP contribution in [0.2, 0.25) is 0 Å². The Labute approximate surface area is 111 Å². The maximum absolute atomic E-state index is 11.2. The maximum atomic E-state index is 11.2. The van der Waals surface area contributed by atoms with Gasteiger partial charge in [0.15, 0.2) is 0 Å². The van der Waals surface area contributed by atoms with Gasteiger partial charge in [-0.1, -0.05) is 13.0 Å². The third kappa shape index (κ3) is 3.54. The van der Waals surface area contributed by atoms with Crippen LogP contribution in [0.4, 0.5) is 4.79 Å². The van der Waals surface area contributed by atoms with Crippen molar-refractivity contribution in [2.24, 2.45) is 0 Å². The third-order valence-electron chi connectivity index (χ3n) is 3.09. The summed E-state index contributed by atoms with van der Waals surface area (Å²) in [4.78, 5) is 13.3. The summed E-state index contributed by atoms with van der Waals surface area (Å²) >= 11 is 2.40. The molecule has 1 saturated carbocycles. The van der Waals surface area contributed by atoms with E-state index in [9.17, 15) is 4.79 Å². The molecule has 0 heterocycles. The van der Waals surface area contributed by atoms with Gasteiger partial charge >= 0.3 is 6.09 Å². The molecule has 1 N–H and O–H groups in total. The normalized spacial score (nSPS) is 29.3. The van der Waals surface area contributed by atoms with E-state index in [4.69, 9.17) is 0 Å². The van der Waals surface area contributed by atoms with Crippen LogP contribution in [-0.4, -0.2) is 41.2 Å². The Hall–Kier alpha value is -0.460. The van der Waals surface area contributed by atoms with E-state index in [0.717, 1.165) is 19.3 Å². The number of carbonyl (C=O) groups excluding carboxylic acids is 1. The molecule has 4 nitrogen and oxygen atoms in total. The summed E-state index contributed by atoms with van der Waals surface area (Å²) in [6.07, 6.45) is 4.71. The molecule has 0 spiro atoms. The minimum absolute atomic E-state index is 0.189. The van der Waals surface area contributed by atoms with Gasteiger partial charge in [-0.3, -0.25) is 0 Å². The quantitative estimate of drug-likeness (QED) is 0.491. The Balaban J connectivity index is 2.54. The molecule has 16 heavy (non-hydrogen) atoms. The number of rotatable bonds is 3. The van der Waals surface area contributed by atoms with Crippen LogP contribution in [0.1, 0.15) is 19.3 Å². The molecule has 3 atom stereocenters. The van der Waals surface area contributed by atoms with Crippen LogP contribution in [-0.2, 0) is 4.74 Å². The van der Waals surface area contributed by atoms with Crippen molar-refractivity contribution in [2.75, 3.05) is 14.2 Å². The molecule has 3 unspecified atom stereocenters. The van der Waals surface area contributed by atoms with Crippen molar-refractivity contribution < 1.29 is 32.1 Å². The molecule has 0 saturated heterocycles. The van der Waals surface area contributed by atoms with E-state index < -0.39 is 0 Å². The van der Waals surface area contributed by atoms with E-state index in [1.54, 1.807) is 0 Å². The lowest BCUT2D eigenvalue weighted by molar-refractivity contribution is -0.431. The monoisotopic (exact) mass is 338 g/mol. The average Bonchev–Trinajstić information content (AvgIpc) is 2.30. The topological polar surface area (TPSA) is 41.6 Å². The second-order valence-electron chi connectivity index (χ2n) is 4.07. The fraction of sp³-hybridized carbons (Fsp3) is 0.727. The summed E-state index contributed by atoms with van der Waals surface area (Å²) in [5.74, 6) is 0. The van der Waals surface area contributed by atoms with Gasteiger partial charge in [-0.05, 0) is 19.0 Å². The van der Waals surface area contributed by atoms with Crippen LogP contribution >= 0.6 is 0 Å². The van der Waals surface area contributed by atoms with E-state index in [0.29, 0.717) is 9.97 Å². The molecule has 1 amide bonds. The average molecular weight is 338 g/mol. The standard InChI is InChI=1S/C11H19IN2O2/c1-4-14(2)8-5-6-9(12)10(7-8)13-11(15)16-3/h4,8-10H,1,5-7H2,2-3H3,(H,13,15)/q-1. The number of hydrogen-bond donors (Lipinski definition) is 1. The van der Waals surface area contributed by atoms with Gasteiger partial charge in [0.1, 0.15) is 0 Å². The number of alkyl carbamates (subject to hydrolysis) is 1. The van der Waals surface area contributed by atoms with Gasteiger partial charge in [0.05, 0.1) is 7.11 Å². The van der Waals surface area contributed by atoms with E-state index in [-0.39, 0.29) is 12.1 Å². The highest BCUT2D eigenvalue weighted by Gasteiger charge is 2.26.